The second-order valence-electron chi connectivity index (χ2n) is 4.40. The molecule has 1 aliphatic carbocycles. The number of hydrogen-bond donors (Lipinski definition) is 2. The third-order valence-electron chi connectivity index (χ3n) is 3.16. The van der Waals surface area contributed by atoms with Crippen molar-refractivity contribution in [1.82, 2.24) is 5.32 Å². The van der Waals surface area contributed by atoms with Gasteiger partial charge in [0.15, 0.2) is 0 Å². The molecule has 0 aromatic rings. The van der Waals surface area contributed by atoms with Crippen LogP contribution in [0.4, 0.5) is 0 Å². The number of nitrogens with one attached hydrogen (secondary N) is 1. The minimum absolute atomic E-state index is 0.101. The highest BCUT2D eigenvalue weighted by atomic mass is 16.5. The van der Waals surface area contributed by atoms with Gasteiger partial charge in [0.25, 0.3) is 0 Å². The number of methoxy groups -OCH3 is 1. The van der Waals surface area contributed by atoms with Crippen LogP contribution in [0.5, 0.6) is 0 Å². The summed E-state index contributed by atoms with van der Waals surface area (Å²) < 4.78 is 4.85. The fraction of sp³-hybridized carbons (Fsp3) is 0.909. The molecule has 3 N–H and O–H groups in total. The lowest BCUT2D eigenvalue weighted by molar-refractivity contribution is -0.124. The topological polar surface area (TPSA) is 64.3 Å². The molecular formula is C11H22N2O2. The Hall–Kier alpha value is -0.610. The maximum absolute atomic E-state index is 11.6. The van der Waals surface area contributed by atoms with Crippen molar-refractivity contribution in [3.8, 4) is 0 Å². The molecule has 0 aromatic carbocycles. The minimum atomic E-state index is -0.543. The number of amides is 1. The summed E-state index contributed by atoms with van der Waals surface area (Å²) in [6, 6.07) is -0.304. The van der Waals surface area contributed by atoms with Gasteiger partial charge in [0, 0.05) is 13.2 Å². The number of rotatable bonds is 5. The molecule has 15 heavy (non-hydrogen) atoms. The van der Waals surface area contributed by atoms with Crippen LogP contribution in [0.3, 0.4) is 0 Å². The molecule has 1 rings (SSSR count). The van der Waals surface area contributed by atoms with E-state index in [-0.39, 0.29) is 18.6 Å². The normalized spacial score (nSPS) is 21.3. The molecule has 0 radical (unpaired) electrons. The highest BCUT2D eigenvalue weighted by molar-refractivity contribution is 5.81. The second kappa shape index (κ2) is 6.08. The molecule has 2 atom stereocenters. The molecule has 1 amide bonds. The van der Waals surface area contributed by atoms with Gasteiger partial charge in [0.2, 0.25) is 5.91 Å². The Morgan fingerprint density at radius 1 is 1.53 bits per heavy atom. The summed E-state index contributed by atoms with van der Waals surface area (Å²) in [5, 5.41) is 2.96. The smallest absolute Gasteiger partial charge is 0.239 e. The summed E-state index contributed by atoms with van der Waals surface area (Å²) in [6.45, 7) is 2.34. The van der Waals surface area contributed by atoms with Crippen molar-refractivity contribution in [1.29, 1.82) is 0 Å². The molecule has 0 saturated heterocycles. The van der Waals surface area contributed by atoms with E-state index in [0.717, 1.165) is 0 Å². The Labute approximate surface area is 91.5 Å². The highest BCUT2D eigenvalue weighted by Gasteiger charge is 2.24. The average molecular weight is 214 g/mol. The summed E-state index contributed by atoms with van der Waals surface area (Å²) in [5.74, 6) is 0.528. The Balaban J connectivity index is 2.29. The Bertz CT molecular complexity index is 203. The molecule has 0 heterocycles. The van der Waals surface area contributed by atoms with Crippen LogP contribution in [-0.4, -0.2) is 31.7 Å². The molecule has 1 fully saturated rings. The van der Waals surface area contributed by atoms with Gasteiger partial charge in [-0.25, -0.2) is 0 Å². The molecule has 4 heteroatoms. The third-order valence-corrected chi connectivity index (χ3v) is 3.16. The summed E-state index contributed by atoms with van der Waals surface area (Å²) in [6.07, 6.45) is 5.02. The van der Waals surface area contributed by atoms with E-state index in [1.807, 2.05) is 0 Å². The predicted molar refractivity (Wildman–Crippen MR) is 59.4 cm³/mol. The van der Waals surface area contributed by atoms with Gasteiger partial charge in [0.05, 0.1) is 6.61 Å². The zero-order chi connectivity index (χ0) is 11.3. The number of ether oxygens (including phenoxy) is 1. The fourth-order valence-corrected chi connectivity index (χ4v) is 2.16. The van der Waals surface area contributed by atoms with Crippen molar-refractivity contribution < 1.29 is 9.53 Å². The number of hydrogen-bond acceptors (Lipinski definition) is 3. The minimum Gasteiger partial charge on any atom is -0.383 e. The molecule has 0 spiro atoms. The zero-order valence-corrected chi connectivity index (χ0v) is 9.66. The van der Waals surface area contributed by atoms with E-state index in [1.165, 1.54) is 25.7 Å². The lowest BCUT2D eigenvalue weighted by Gasteiger charge is -2.22. The molecule has 88 valence electrons. The summed E-state index contributed by atoms with van der Waals surface area (Å²) in [7, 11) is 1.55. The van der Waals surface area contributed by atoms with Gasteiger partial charge in [-0.15, -0.1) is 0 Å². The van der Waals surface area contributed by atoms with Gasteiger partial charge in [-0.1, -0.05) is 12.8 Å². The Morgan fingerprint density at radius 3 is 2.67 bits per heavy atom. The first-order valence-corrected chi connectivity index (χ1v) is 5.70. The van der Waals surface area contributed by atoms with Crippen LogP contribution >= 0.6 is 0 Å². The van der Waals surface area contributed by atoms with E-state index in [0.29, 0.717) is 5.92 Å². The lowest BCUT2D eigenvalue weighted by atomic mass is 9.99. The standard InChI is InChI=1S/C11H22N2O2/c1-8(9-5-3-4-6-9)13-11(14)10(12)7-15-2/h8-10H,3-7,12H2,1-2H3,(H,13,14)/t8-,10?/m0/s1. The summed E-state index contributed by atoms with van der Waals surface area (Å²) in [4.78, 5) is 11.6. The first kappa shape index (κ1) is 12.5. The van der Waals surface area contributed by atoms with Crippen molar-refractivity contribution in [3.05, 3.63) is 0 Å². The van der Waals surface area contributed by atoms with E-state index in [4.69, 9.17) is 10.5 Å². The van der Waals surface area contributed by atoms with Crippen LogP contribution in [-0.2, 0) is 9.53 Å². The molecular weight excluding hydrogens is 192 g/mol. The largest absolute Gasteiger partial charge is 0.383 e. The van der Waals surface area contributed by atoms with Crippen LogP contribution < -0.4 is 11.1 Å². The van der Waals surface area contributed by atoms with Crippen LogP contribution in [0, 0.1) is 5.92 Å². The number of carbonyl (C=O) groups is 1. The average Bonchev–Trinajstić information content (AvgIpc) is 2.70. The van der Waals surface area contributed by atoms with Gasteiger partial charge in [-0.05, 0) is 25.7 Å². The molecule has 0 aromatic heterocycles. The maximum Gasteiger partial charge on any atom is 0.239 e. The zero-order valence-electron chi connectivity index (χ0n) is 9.66. The predicted octanol–water partition coefficient (Wildman–Crippen LogP) is 0.655. The third kappa shape index (κ3) is 3.80. The fourth-order valence-electron chi connectivity index (χ4n) is 2.16. The number of nitrogens with two attached hydrogens (primary N) is 1. The highest BCUT2D eigenvalue weighted by Crippen LogP contribution is 2.27. The second-order valence-corrected chi connectivity index (χ2v) is 4.40. The van der Waals surface area contributed by atoms with Crippen LogP contribution in [0.2, 0.25) is 0 Å². The van der Waals surface area contributed by atoms with E-state index >= 15 is 0 Å². The maximum atomic E-state index is 11.6. The monoisotopic (exact) mass is 214 g/mol. The van der Waals surface area contributed by atoms with Crippen LogP contribution in [0.1, 0.15) is 32.6 Å². The summed E-state index contributed by atoms with van der Waals surface area (Å²) >= 11 is 0. The van der Waals surface area contributed by atoms with E-state index in [2.05, 4.69) is 12.2 Å². The van der Waals surface area contributed by atoms with E-state index < -0.39 is 6.04 Å². The van der Waals surface area contributed by atoms with Crippen molar-refractivity contribution in [2.24, 2.45) is 11.7 Å². The molecule has 1 saturated carbocycles. The molecule has 4 nitrogen and oxygen atoms in total. The molecule has 1 unspecified atom stereocenters. The molecule has 1 aliphatic rings. The van der Waals surface area contributed by atoms with Crippen molar-refractivity contribution >= 4 is 5.91 Å². The SMILES string of the molecule is COCC(N)C(=O)N[C@@H](C)C1CCCC1. The molecule has 0 aliphatic heterocycles. The van der Waals surface area contributed by atoms with E-state index in [1.54, 1.807) is 7.11 Å². The summed E-state index contributed by atoms with van der Waals surface area (Å²) in [5.41, 5.74) is 5.64. The van der Waals surface area contributed by atoms with Gasteiger partial charge < -0.3 is 15.8 Å². The van der Waals surface area contributed by atoms with Crippen molar-refractivity contribution in [2.45, 2.75) is 44.7 Å². The quantitative estimate of drug-likeness (QED) is 0.706. The first-order valence-electron chi connectivity index (χ1n) is 5.70. The van der Waals surface area contributed by atoms with E-state index in [9.17, 15) is 4.79 Å². The van der Waals surface area contributed by atoms with Crippen LogP contribution in [0.15, 0.2) is 0 Å². The van der Waals surface area contributed by atoms with Gasteiger partial charge in [0.1, 0.15) is 6.04 Å². The Kier molecular flexibility index (Phi) is 5.05. The van der Waals surface area contributed by atoms with Crippen molar-refractivity contribution in [2.75, 3.05) is 13.7 Å². The van der Waals surface area contributed by atoms with Gasteiger partial charge >= 0.3 is 0 Å². The molecule has 0 bridgehead atoms. The van der Waals surface area contributed by atoms with Gasteiger partial charge in [-0.2, -0.15) is 0 Å². The number of carbonyl (C=O) groups excluding carboxylic acids is 1. The lowest BCUT2D eigenvalue weighted by Crippen LogP contribution is -2.48. The van der Waals surface area contributed by atoms with Crippen LogP contribution in [0.25, 0.3) is 0 Å². The van der Waals surface area contributed by atoms with Crippen molar-refractivity contribution in [3.63, 3.8) is 0 Å². The first-order chi connectivity index (χ1) is 7.15. The van der Waals surface area contributed by atoms with Gasteiger partial charge in [-0.3, -0.25) is 4.79 Å². The Morgan fingerprint density at radius 2 is 2.13 bits per heavy atom.